The Balaban J connectivity index is 2.01. The number of halogens is 1. The first-order valence-electron chi connectivity index (χ1n) is 7.42. The summed E-state index contributed by atoms with van der Waals surface area (Å²) in [5.74, 6) is -0.703. The highest BCUT2D eigenvalue weighted by molar-refractivity contribution is 9.11. The van der Waals surface area contributed by atoms with Crippen molar-refractivity contribution in [2.45, 2.75) is 38.3 Å². The van der Waals surface area contributed by atoms with E-state index < -0.39 is 5.97 Å². The number of aryl methyl sites for hydroxylation is 1. The molecule has 0 spiro atoms. The van der Waals surface area contributed by atoms with Crippen LogP contribution < -0.4 is 0 Å². The molecule has 2 unspecified atom stereocenters. The van der Waals surface area contributed by atoms with Crippen molar-refractivity contribution in [2.24, 2.45) is 0 Å². The van der Waals surface area contributed by atoms with Gasteiger partial charge in [-0.25, -0.2) is 0 Å². The van der Waals surface area contributed by atoms with Crippen LogP contribution in [0.15, 0.2) is 28.1 Å². The van der Waals surface area contributed by atoms with Gasteiger partial charge >= 0.3 is 5.97 Å². The maximum Gasteiger partial charge on any atom is 0.320 e. The zero-order chi connectivity index (χ0) is 15.7. The molecule has 1 N–H and O–H groups in total. The minimum atomic E-state index is -0.703. The molecule has 1 aliphatic rings. The Kier molecular flexibility index (Phi) is 5.02. The fraction of sp³-hybridized carbons (Fsp3) is 0.438. The molecule has 1 saturated heterocycles. The summed E-state index contributed by atoms with van der Waals surface area (Å²) in [4.78, 5) is 17.6. The average Bonchev–Trinajstić information content (AvgIpc) is 3.20. The van der Waals surface area contributed by atoms with Crippen LogP contribution in [0.5, 0.6) is 0 Å². The van der Waals surface area contributed by atoms with Crippen LogP contribution in [-0.4, -0.2) is 28.6 Å². The Bertz CT molecular complexity index is 667. The van der Waals surface area contributed by atoms with E-state index in [0.29, 0.717) is 0 Å². The zero-order valence-corrected chi connectivity index (χ0v) is 15.5. The Morgan fingerprint density at radius 3 is 2.68 bits per heavy atom. The first-order valence-corrected chi connectivity index (χ1v) is 9.85. The summed E-state index contributed by atoms with van der Waals surface area (Å²) >= 11 is 7.03. The van der Waals surface area contributed by atoms with Crippen molar-refractivity contribution in [2.75, 3.05) is 6.54 Å². The largest absolute Gasteiger partial charge is 0.480 e. The Hall–Kier alpha value is -0.690. The molecule has 3 rings (SSSR count). The molecule has 0 amide bonds. The van der Waals surface area contributed by atoms with Gasteiger partial charge in [0.2, 0.25) is 0 Å². The van der Waals surface area contributed by atoms with Crippen molar-refractivity contribution in [3.63, 3.8) is 0 Å². The van der Waals surface area contributed by atoms with Crippen LogP contribution in [0.3, 0.4) is 0 Å². The molecule has 2 aromatic rings. The SMILES string of the molecule is CCc1ccc(C(c2ccc(Br)s2)N2CCCC2C(=O)O)s1. The number of nitrogens with zero attached hydrogens (tertiary/aromatic N) is 1. The fourth-order valence-corrected chi connectivity index (χ4v) is 5.77. The van der Waals surface area contributed by atoms with Crippen LogP contribution >= 0.6 is 38.6 Å². The maximum atomic E-state index is 11.6. The molecule has 1 fully saturated rings. The average molecular weight is 400 g/mol. The van der Waals surface area contributed by atoms with E-state index in [9.17, 15) is 9.90 Å². The summed E-state index contributed by atoms with van der Waals surface area (Å²) in [6.45, 7) is 3.00. The van der Waals surface area contributed by atoms with Gasteiger partial charge < -0.3 is 5.11 Å². The highest BCUT2D eigenvalue weighted by Crippen LogP contribution is 2.41. The number of hydrogen-bond donors (Lipinski definition) is 1. The Morgan fingerprint density at radius 2 is 2.09 bits per heavy atom. The van der Waals surface area contributed by atoms with Gasteiger partial charge in [0.1, 0.15) is 6.04 Å². The van der Waals surface area contributed by atoms with Crippen LogP contribution in [0, 0.1) is 0 Å². The van der Waals surface area contributed by atoms with Crippen molar-refractivity contribution < 1.29 is 9.90 Å². The number of hydrogen-bond acceptors (Lipinski definition) is 4. The van der Waals surface area contributed by atoms with E-state index in [1.807, 2.05) is 6.07 Å². The van der Waals surface area contributed by atoms with Crippen molar-refractivity contribution in [3.8, 4) is 0 Å². The summed E-state index contributed by atoms with van der Waals surface area (Å²) in [6.07, 6.45) is 2.71. The minimum Gasteiger partial charge on any atom is -0.480 e. The molecule has 3 nitrogen and oxygen atoms in total. The second-order valence-corrected chi connectivity index (χ2v) is 9.13. The third-order valence-corrected chi connectivity index (χ3v) is 7.03. The van der Waals surface area contributed by atoms with Gasteiger partial charge in [-0.1, -0.05) is 6.92 Å². The van der Waals surface area contributed by atoms with E-state index in [2.05, 4.69) is 46.0 Å². The molecule has 2 atom stereocenters. The standard InChI is InChI=1S/C16H18BrNO2S2/c1-2-10-5-6-12(21-10)15(13-7-8-14(17)22-13)18-9-3-4-11(18)16(19)20/h5-8,11,15H,2-4,9H2,1H3,(H,19,20). The van der Waals surface area contributed by atoms with Gasteiger partial charge in [0.25, 0.3) is 0 Å². The van der Waals surface area contributed by atoms with E-state index >= 15 is 0 Å². The first-order chi connectivity index (χ1) is 10.6. The minimum absolute atomic E-state index is 0.0604. The summed E-state index contributed by atoms with van der Waals surface area (Å²) in [6, 6.07) is 8.18. The summed E-state index contributed by atoms with van der Waals surface area (Å²) in [5, 5.41) is 9.54. The van der Waals surface area contributed by atoms with E-state index in [0.717, 1.165) is 29.6 Å². The topological polar surface area (TPSA) is 40.5 Å². The van der Waals surface area contributed by atoms with Gasteiger partial charge in [-0.05, 0) is 59.5 Å². The summed E-state index contributed by atoms with van der Waals surface area (Å²) in [7, 11) is 0. The normalized spacial score (nSPS) is 20.4. The summed E-state index contributed by atoms with van der Waals surface area (Å²) < 4.78 is 1.09. The van der Waals surface area contributed by atoms with Gasteiger partial charge in [-0.15, -0.1) is 22.7 Å². The molecule has 0 radical (unpaired) electrons. The molecule has 6 heteroatoms. The number of carbonyl (C=O) groups is 1. The Morgan fingerprint density at radius 1 is 1.36 bits per heavy atom. The highest BCUT2D eigenvalue weighted by Gasteiger charge is 2.37. The van der Waals surface area contributed by atoms with Crippen molar-refractivity contribution in [1.29, 1.82) is 0 Å². The van der Waals surface area contributed by atoms with Crippen LogP contribution in [-0.2, 0) is 11.2 Å². The molecule has 0 saturated carbocycles. The second-order valence-electron chi connectivity index (χ2n) is 5.44. The predicted molar refractivity (Wildman–Crippen MR) is 94.9 cm³/mol. The van der Waals surface area contributed by atoms with Gasteiger partial charge in [0.15, 0.2) is 0 Å². The Labute approximate surface area is 146 Å². The maximum absolute atomic E-state index is 11.6. The van der Waals surface area contributed by atoms with Crippen molar-refractivity contribution in [3.05, 3.63) is 42.7 Å². The third kappa shape index (κ3) is 3.15. The van der Waals surface area contributed by atoms with Crippen molar-refractivity contribution >= 4 is 44.6 Å². The zero-order valence-electron chi connectivity index (χ0n) is 12.3. The number of aliphatic carboxylic acids is 1. The molecule has 0 aliphatic carbocycles. The molecule has 3 heterocycles. The number of likely N-dealkylation sites (tertiary alicyclic amines) is 1. The van der Waals surface area contributed by atoms with E-state index in [4.69, 9.17) is 0 Å². The smallest absolute Gasteiger partial charge is 0.320 e. The van der Waals surface area contributed by atoms with Gasteiger partial charge in [0, 0.05) is 21.2 Å². The number of thiophene rings is 2. The molecule has 22 heavy (non-hydrogen) atoms. The molecule has 1 aliphatic heterocycles. The quantitative estimate of drug-likeness (QED) is 0.786. The van der Waals surface area contributed by atoms with Crippen LogP contribution in [0.25, 0.3) is 0 Å². The lowest BCUT2D eigenvalue weighted by Crippen LogP contribution is -2.38. The molecular weight excluding hydrogens is 382 g/mol. The number of carboxylic acid groups (broad SMARTS) is 1. The second kappa shape index (κ2) is 6.83. The van der Waals surface area contributed by atoms with E-state index in [1.54, 1.807) is 22.7 Å². The van der Waals surface area contributed by atoms with Crippen LogP contribution in [0.1, 0.15) is 40.4 Å². The number of carboxylic acids is 1. The van der Waals surface area contributed by atoms with Gasteiger partial charge in [-0.3, -0.25) is 9.69 Å². The monoisotopic (exact) mass is 399 g/mol. The van der Waals surface area contributed by atoms with Gasteiger partial charge in [0.05, 0.1) is 9.83 Å². The lowest BCUT2D eigenvalue weighted by molar-refractivity contribution is -0.142. The third-order valence-electron chi connectivity index (χ3n) is 4.07. The summed E-state index contributed by atoms with van der Waals surface area (Å²) in [5.41, 5.74) is 0. The van der Waals surface area contributed by atoms with Crippen LogP contribution in [0.2, 0.25) is 0 Å². The van der Waals surface area contributed by atoms with E-state index in [-0.39, 0.29) is 12.1 Å². The molecule has 2 aromatic heterocycles. The van der Waals surface area contributed by atoms with Crippen molar-refractivity contribution in [1.82, 2.24) is 4.90 Å². The lowest BCUT2D eigenvalue weighted by atomic mass is 10.1. The van der Waals surface area contributed by atoms with Gasteiger partial charge in [-0.2, -0.15) is 0 Å². The van der Waals surface area contributed by atoms with Crippen LogP contribution in [0.4, 0.5) is 0 Å². The lowest BCUT2D eigenvalue weighted by Gasteiger charge is -2.29. The molecule has 0 bridgehead atoms. The molecule has 0 aromatic carbocycles. The number of rotatable bonds is 5. The highest BCUT2D eigenvalue weighted by atomic mass is 79.9. The van der Waals surface area contributed by atoms with E-state index in [1.165, 1.54) is 14.6 Å². The molecule has 118 valence electrons. The molecular formula is C16H18BrNO2S2. The first kappa shape index (κ1) is 16.2. The predicted octanol–water partition coefficient (Wildman–Crippen LogP) is 4.77. The fourth-order valence-electron chi connectivity index (χ4n) is 3.04.